The summed E-state index contributed by atoms with van der Waals surface area (Å²) in [5.74, 6) is 0. The van der Waals surface area contributed by atoms with E-state index in [0.717, 1.165) is 50.0 Å². The molecule has 0 fully saturated rings. The van der Waals surface area contributed by atoms with Gasteiger partial charge in [0.15, 0.2) is 0 Å². The second kappa shape index (κ2) is 15.3. The molecule has 0 aliphatic carbocycles. The highest BCUT2D eigenvalue weighted by Crippen LogP contribution is 2.42. The van der Waals surface area contributed by atoms with Gasteiger partial charge in [0.1, 0.15) is 11.2 Å². The van der Waals surface area contributed by atoms with Crippen LogP contribution >= 0.6 is 31.0 Å². The van der Waals surface area contributed by atoms with Gasteiger partial charge in [-0.25, -0.2) is 0 Å². The summed E-state index contributed by atoms with van der Waals surface area (Å²) < 4.78 is 11.6. The number of rotatable bonds is 4. The molecular formula is C51H37IN2OS. The first-order valence-electron chi connectivity index (χ1n) is 18.6. The molecule has 3 aromatic heterocycles. The molecule has 0 spiro atoms. The van der Waals surface area contributed by atoms with Crippen LogP contribution in [0, 0.1) is 0 Å². The van der Waals surface area contributed by atoms with E-state index in [4.69, 9.17) is 4.42 Å². The lowest BCUT2D eigenvalue weighted by molar-refractivity contribution is 0.670. The van der Waals surface area contributed by atoms with Gasteiger partial charge in [-0.1, -0.05) is 140 Å². The molecule has 0 amide bonds. The first-order chi connectivity index (χ1) is 27.7. The number of hydrogen-bond acceptors (Lipinski definition) is 2. The first-order valence-corrected chi connectivity index (χ1v) is 21.8. The highest BCUT2D eigenvalue weighted by molar-refractivity contribution is 14.2. The van der Waals surface area contributed by atoms with Crippen LogP contribution < -0.4 is 0 Å². The molecule has 5 heteroatoms. The number of furan rings is 1. The third-order valence-corrected chi connectivity index (χ3v) is 10.5. The van der Waals surface area contributed by atoms with Crippen LogP contribution in [0.15, 0.2) is 199 Å². The minimum absolute atomic E-state index is 0.880. The van der Waals surface area contributed by atoms with Crippen LogP contribution in [0.2, 0.25) is 0 Å². The van der Waals surface area contributed by atoms with E-state index in [1.165, 1.54) is 49.2 Å². The molecule has 0 atom stereocenters. The van der Waals surface area contributed by atoms with Crippen molar-refractivity contribution >= 4 is 96.6 Å². The van der Waals surface area contributed by atoms with E-state index >= 15 is 0 Å². The molecule has 56 heavy (non-hydrogen) atoms. The van der Waals surface area contributed by atoms with E-state index in [-0.39, 0.29) is 0 Å². The third-order valence-electron chi connectivity index (χ3n) is 10.5. The van der Waals surface area contributed by atoms with Crippen LogP contribution in [0.1, 0.15) is 6.92 Å². The van der Waals surface area contributed by atoms with Crippen molar-refractivity contribution in [2.75, 3.05) is 0 Å². The fourth-order valence-electron chi connectivity index (χ4n) is 8.35. The SMILES string of the molecule is C=CC.SI.c1ccc(-n2c3ccccc3c3ccccc32)c(-c2ccc3oc4c(-c5ccccc5-n5c6ccccc6c6ccccc65)cccc4c3c2)c1. The van der Waals surface area contributed by atoms with Crippen LogP contribution in [0.4, 0.5) is 0 Å². The van der Waals surface area contributed by atoms with Crippen molar-refractivity contribution in [2.45, 2.75) is 6.92 Å². The lowest BCUT2D eigenvalue weighted by atomic mass is 9.98. The van der Waals surface area contributed by atoms with Gasteiger partial charge in [-0.2, -0.15) is 0 Å². The number of allylic oxidation sites excluding steroid dienone is 1. The number of aromatic nitrogens is 2. The van der Waals surface area contributed by atoms with Gasteiger partial charge in [-0.15, -0.1) is 16.4 Å². The molecular weight excluding hydrogens is 816 g/mol. The van der Waals surface area contributed by atoms with Gasteiger partial charge >= 0.3 is 0 Å². The standard InChI is InChI=1S/C48H30N2O.C3H6.HIS/c1-7-22-41(49-42-23-8-2-15-33(42)34-16-3-9-24-43(34)49)32(14-1)31-28-29-47-40(30-31)39-21-13-20-38(48(39)51-47)37-19-6-12-27-46(37)50-44-25-10-4-17-35(44)36-18-5-11-26-45(36)50;1-3-2;1-2/h1-30H;3H,1H2,2H3;2H. The van der Waals surface area contributed by atoms with Crippen molar-refractivity contribution in [1.82, 2.24) is 9.13 Å². The summed E-state index contributed by atoms with van der Waals surface area (Å²) in [6, 6.07) is 65.3. The number of nitrogens with zero attached hydrogens (tertiary/aromatic N) is 2. The molecule has 270 valence electrons. The predicted octanol–water partition coefficient (Wildman–Crippen LogP) is 15.6. The highest BCUT2D eigenvalue weighted by atomic mass is 127. The maximum Gasteiger partial charge on any atom is 0.143 e. The molecule has 0 N–H and O–H groups in total. The third kappa shape index (κ3) is 5.81. The highest BCUT2D eigenvalue weighted by Gasteiger charge is 2.20. The molecule has 0 bridgehead atoms. The quantitative estimate of drug-likeness (QED) is 0.106. The second-order valence-corrected chi connectivity index (χ2v) is 13.7. The molecule has 0 saturated carbocycles. The normalized spacial score (nSPS) is 11.2. The van der Waals surface area contributed by atoms with Crippen molar-refractivity contribution in [3.8, 4) is 33.6 Å². The van der Waals surface area contributed by atoms with Crippen LogP contribution in [0.3, 0.4) is 0 Å². The van der Waals surface area contributed by atoms with Crippen molar-refractivity contribution < 1.29 is 4.42 Å². The van der Waals surface area contributed by atoms with Crippen LogP contribution in [0.25, 0.3) is 99.2 Å². The molecule has 0 aliphatic heterocycles. The van der Waals surface area contributed by atoms with Crippen LogP contribution in [-0.4, -0.2) is 9.13 Å². The number of halogens is 1. The summed E-state index contributed by atoms with van der Waals surface area (Å²) in [6.45, 7) is 5.25. The van der Waals surface area contributed by atoms with E-state index in [2.05, 4.69) is 208 Å². The van der Waals surface area contributed by atoms with Crippen molar-refractivity contribution in [3.05, 3.63) is 195 Å². The average molecular weight is 853 g/mol. The van der Waals surface area contributed by atoms with E-state index in [1.54, 1.807) is 6.08 Å². The Bertz CT molecular complexity index is 3120. The van der Waals surface area contributed by atoms with Crippen molar-refractivity contribution in [1.29, 1.82) is 0 Å². The number of benzene rings is 8. The fraction of sp³-hybridized carbons (Fsp3) is 0.0196. The average Bonchev–Trinajstić information content (AvgIpc) is 3.92. The van der Waals surface area contributed by atoms with Crippen molar-refractivity contribution in [3.63, 3.8) is 0 Å². The molecule has 11 aromatic rings. The Kier molecular flexibility index (Phi) is 9.71. The zero-order valence-corrected chi connectivity index (χ0v) is 33.8. The van der Waals surface area contributed by atoms with Gasteiger partial charge in [0, 0.05) is 49.0 Å². The minimum atomic E-state index is 0.880. The van der Waals surface area contributed by atoms with Gasteiger partial charge in [0.25, 0.3) is 0 Å². The molecule has 0 saturated heterocycles. The van der Waals surface area contributed by atoms with Gasteiger partial charge in [0.2, 0.25) is 0 Å². The zero-order chi connectivity index (χ0) is 38.2. The van der Waals surface area contributed by atoms with E-state index in [1.807, 2.05) is 28.1 Å². The monoisotopic (exact) mass is 852 g/mol. The van der Waals surface area contributed by atoms with Crippen LogP contribution in [-0.2, 0) is 0 Å². The number of thiol groups is 1. The molecule has 0 radical (unpaired) electrons. The Hall–Kier alpha value is -6.02. The molecule has 11 rings (SSSR count). The predicted molar refractivity (Wildman–Crippen MR) is 252 cm³/mol. The summed E-state index contributed by atoms with van der Waals surface area (Å²) in [4.78, 5) is 0. The van der Waals surface area contributed by atoms with Gasteiger partial charge < -0.3 is 13.6 Å². The first kappa shape index (κ1) is 35.7. The molecule has 0 unspecified atom stereocenters. The van der Waals surface area contributed by atoms with Crippen LogP contribution in [0.5, 0.6) is 0 Å². The zero-order valence-electron chi connectivity index (χ0n) is 30.7. The molecule has 3 nitrogen and oxygen atoms in total. The van der Waals surface area contributed by atoms with E-state index in [9.17, 15) is 0 Å². The summed E-state index contributed by atoms with van der Waals surface area (Å²) >= 11 is 1.84. The summed E-state index contributed by atoms with van der Waals surface area (Å²) in [5, 5.41) is 7.23. The fourth-order valence-corrected chi connectivity index (χ4v) is 8.35. The Labute approximate surface area is 343 Å². The lowest BCUT2D eigenvalue weighted by Crippen LogP contribution is -1.97. The summed E-state index contributed by atoms with van der Waals surface area (Å²) in [6.07, 6.45) is 1.75. The minimum Gasteiger partial charge on any atom is -0.455 e. The van der Waals surface area contributed by atoms with Gasteiger partial charge in [-0.05, 0) is 82.2 Å². The number of fused-ring (bicyclic) bond motifs is 9. The summed E-state index contributed by atoms with van der Waals surface area (Å²) in [7, 11) is 3.50. The van der Waals surface area contributed by atoms with Crippen molar-refractivity contribution in [2.24, 2.45) is 0 Å². The number of hydrogen-bond donors (Lipinski definition) is 1. The Morgan fingerprint density at radius 3 is 1.36 bits per heavy atom. The molecule has 8 aromatic carbocycles. The maximum atomic E-state index is 6.78. The smallest absolute Gasteiger partial charge is 0.143 e. The van der Waals surface area contributed by atoms with Gasteiger partial charge in [0.05, 0.1) is 33.4 Å². The second-order valence-electron chi connectivity index (χ2n) is 13.7. The molecule has 0 aliphatic rings. The van der Waals surface area contributed by atoms with E-state index in [0.29, 0.717) is 0 Å². The topological polar surface area (TPSA) is 23.0 Å². The lowest BCUT2D eigenvalue weighted by Gasteiger charge is -2.14. The van der Waals surface area contributed by atoms with Gasteiger partial charge in [-0.3, -0.25) is 0 Å². The largest absolute Gasteiger partial charge is 0.455 e. The Morgan fingerprint density at radius 1 is 0.446 bits per heavy atom. The summed E-state index contributed by atoms with van der Waals surface area (Å²) in [5.41, 5.74) is 13.4. The van der Waals surface area contributed by atoms with E-state index < -0.39 is 0 Å². The Morgan fingerprint density at radius 2 is 0.839 bits per heavy atom. The number of para-hydroxylation sites is 7. The molecule has 3 heterocycles. The maximum absolute atomic E-state index is 6.78. The Balaban J connectivity index is 0.000000784.